The molecule has 0 spiro atoms. The summed E-state index contributed by atoms with van der Waals surface area (Å²) < 4.78 is 5.62. The standard InChI is InChI=1S/C16H19ClN2O2.ClH/c1-10-14(3-2-6-18-10)19-16(20)12-7-11-8-13(17)4-5-15(11)21-9-12;/h4-5,7-8,10,14,18H,2-3,6,9H2,1H3,(H,19,20);1H. The van der Waals surface area contributed by atoms with Crippen molar-refractivity contribution < 1.29 is 9.53 Å². The lowest BCUT2D eigenvalue weighted by Gasteiger charge is -2.31. The summed E-state index contributed by atoms with van der Waals surface area (Å²) >= 11 is 5.99. The van der Waals surface area contributed by atoms with Crippen LogP contribution in [0.1, 0.15) is 25.3 Å². The molecule has 120 valence electrons. The van der Waals surface area contributed by atoms with Crippen molar-refractivity contribution in [1.29, 1.82) is 0 Å². The van der Waals surface area contributed by atoms with Gasteiger partial charge in [0.05, 0.1) is 5.57 Å². The zero-order chi connectivity index (χ0) is 14.8. The topological polar surface area (TPSA) is 50.4 Å². The lowest BCUT2D eigenvalue weighted by atomic mass is 9.99. The van der Waals surface area contributed by atoms with Crippen LogP contribution >= 0.6 is 24.0 Å². The van der Waals surface area contributed by atoms with Crippen molar-refractivity contribution in [2.75, 3.05) is 13.2 Å². The maximum atomic E-state index is 12.4. The Labute approximate surface area is 141 Å². The third kappa shape index (κ3) is 3.75. The van der Waals surface area contributed by atoms with Crippen LogP contribution in [0.15, 0.2) is 23.8 Å². The Morgan fingerprint density at radius 1 is 1.45 bits per heavy atom. The van der Waals surface area contributed by atoms with Crippen molar-refractivity contribution in [2.24, 2.45) is 0 Å². The van der Waals surface area contributed by atoms with E-state index in [2.05, 4.69) is 17.6 Å². The van der Waals surface area contributed by atoms with E-state index in [4.69, 9.17) is 16.3 Å². The van der Waals surface area contributed by atoms with Gasteiger partial charge in [-0.25, -0.2) is 0 Å². The van der Waals surface area contributed by atoms with E-state index in [1.54, 1.807) is 6.07 Å². The molecule has 2 heterocycles. The number of carbonyl (C=O) groups excluding carboxylic acids is 1. The zero-order valence-electron chi connectivity index (χ0n) is 12.4. The maximum Gasteiger partial charge on any atom is 0.250 e. The minimum Gasteiger partial charge on any atom is -0.488 e. The number of nitrogens with one attached hydrogen (secondary N) is 2. The van der Waals surface area contributed by atoms with Gasteiger partial charge in [-0.2, -0.15) is 0 Å². The molecule has 0 aromatic heterocycles. The molecule has 1 fully saturated rings. The molecule has 2 unspecified atom stereocenters. The average Bonchev–Trinajstić information content (AvgIpc) is 2.48. The van der Waals surface area contributed by atoms with Crippen LogP contribution in [0.4, 0.5) is 0 Å². The number of benzene rings is 1. The monoisotopic (exact) mass is 342 g/mol. The molecule has 2 aliphatic heterocycles. The van der Waals surface area contributed by atoms with Gasteiger partial charge in [0, 0.05) is 22.7 Å². The van der Waals surface area contributed by atoms with E-state index in [1.807, 2.05) is 18.2 Å². The number of fused-ring (bicyclic) bond motifs is 1. The lowest BCUT2D eigenvalue weighted by Crippen LogP contribution is -2.52. The first-order chi connectivity index (χ1) is 10.1. The number of ether oxygens (including phenoxy) is 1. The van der Waals surface area contributed by atoms with Crippen molar-refractivity contribution in [3.63, 3.8) is 0 Å². The van der Waals surface area contributed by atoms with Crippen LogP contribution in [0.5, 0.6) is 5.75 Å². The fourth-order valence-corrected chi connectivity index (χ4v) is 2.96. The van der Waals surface area contributed by atoms with Gasteiger partial charge in [0.2, 0.25) is 0 Å². The van der Waals surface area contributed by atoms with E-state index >= 15 is 0 Å². The molecule has 3 rings (SSSR count). The van der Waals surface area contributed by atoms with Gasteiger partial charge in [0.15, 0.2) is 0 Å². The molecule has 0 bridgehead atoms. The summed E-state index contributed by atoms with van der Waals surface area (Å²) in [5, 5.41) is 7.12. The van der Waals surface area contributed by atoms with E-state index < -0.39 is 0 Å². The molecule has 0 radical (unpaired) electrons. The molecule has 2 atom stereocenters. The van der Waals surface area contributed by atoms with Gasteiger partial charge in [0.1, 0.15) is 12.4 Å². The van der Waals surface area contributed by atoms with Crippen molar-refractivity contribution >= 4 is 36.0 Å². The summed E-state index contributed by atoms with van der Waals surface area (Å²) in [6, 6.07) is 5.90. The minimum atomic E-state index is -0.0545. The third-order valence-electron chi connectivity index (χ3n) is 4.05. The molecular formula is C16H20Cl2N2O2. The highest BCUT2D eigenvalue weighted by molar-refractivity contribution is 6.30. The highest BCUT2D eigenvalue weighted by Gasteiger charge is 2.25. The van der Waals surface area contributed by atoms with Gasteiger partial charge in [-0.3, -0.25) is 4.79 Å². The van der Waals surface area contributed by atoms with Crippen LogP contribution in [-0.4, -0.2) is 31.1 Å². The largest absolute Gasteiger partial charge is 0.488 e. The van der Waals surface area contributed by atoms with Gasteiger partial charge in [-0.15, -0.1) is 12.4 Å². The Kier molecular flexibility index (Phi) is 5.73. The number of hydrogen-bond donors (Lipinski definition) is 2. The molecule has 2 N–H and O–H groups in total. The number of halogens is 2. The molecule has 1 aromatic carbocycles. The van der Waals surface area contributed by atoms with Crippen LogP contribution < -0.4 is 15.4 Å². The van der Waals surface area contributed by atoms with Gasteiger partial charge in [-0.05, 0) is 50.6 Å². The zero-order valence-corrected chi connectivity index (χ0v) is 14.0. The predicted molar refractivity (Wildman–Crippen MR) is 90.8 cm³/mol. The Hall–Kier alpha value is -1.23. The second-order valence-corrected chi connectivity index (χ2v) is 6.04. The van der Waals surface area contributed by atoms with Gasteiger partial charge >= 0.3 is 0 Å². The second-order valence-electron chi connectivity index (χ2n) is 5.61. The summed E-state index contributed by atoms with van der Waals surface area (Å²) in [7, 11) is 0. The molecule has 1 amide bonds. The predicted octanol–water partition coefficient (Wildman–Crippen LogP) is 2.79. The molecule has 0 aliphatic carbocycles. The Morgan fingerprint density at radius 2 is 2.27 bits per heavy atom. The van der Waals surface area contributed by atoms with Gasteiger partial charge in [-0.1, -0.05) is 11.6 Å². The van der Waals surface area contributed by atoms with Crippen LogP contribution in [-0.2, 0) is 4.79 Å². The van der Waals surface area contributed by atoms with Gasteiger partial charge in [0.25, 0.3) is 5.91 Å². The number of hydrogen-bond acceptors (Lipinski definition) is 3. The summed E-state index contributed by atoms with van der Waals surface area (Å²) in [6.07, 6.45) is 3.96. The Morgan fingerprint density at radius 3 is 3.05 bits per heavy atom. The summed E-state index contributed by atoms with van der Waals surface area (Å²) in [5.74, 6) is 0.713. The number of carbonyl (C=O) groups is 1. The number of rotatable bonds is 2. The molecule has 1 aromatic rings. The van der Waals surface area contributed by atoms with Crippen LogP contribution in [0, 0.1) is 0 Å². The highest BCUT2D eigenvalue weighted by Crippen LogP contribution is 2.29. The molecule has 6 heteroatoms. The fraction of sp³-hybridized carbons (Fsp3) is 0.438. The molecular weight excluding hydrogens is 323 g/mol. The molecule has 2 aliphatic rings. The van der Waals surface area contributed by atoms with E-state index in [0.29, 0.717) is 23.2 Å². The van der Waals surface area contributed by atoms with Crippen molar-refractivity contribution in [3.05, 3.63) is 34.4 Å². The molecule has 0 saturated carbocycles. The SMILES string of the molecule is CC1NCCCC1NC(=O)C1=Cc2cc(Cl)ccc2OC1.Cl. The van der Waals surface area contributed by atoms with E-state index in [-0.39, 0.29) is 24.4 Å². The number of amides is 1. The average molecular weight is 343 g/mol. The van der Waals surface area contributed by atoms with Gasteiger partial charge < -0.3 is 15.4 Å². The normalized spacial score (nSPS) is 23.5. The molecule has 4 nitrogen and oxygen atoms in total. The third-order valence-corrected chi connectivity index (χ3v) is 4.29. The maximum absolute atomic E-state index is 12.4. The highest BCUT2D eigenvalue weighted by atomic mass is 35.5. The number of piperidine rings is 1. The summed E-state index contributed by atoms with van der Waals surface area (Å²) in [4.78, 5) is 12.4. The summed E-state index contributed by atoms with van der Waals surface area (Å²) in [5.41, 5.74) is 1.50. The lowest BCUT2D eigenvalue weighted by molar-refractivity contribution is -0.118. The molecule has 1 saturated heterocycles. The first-order valence-corrected chi connectivity index (χ1v) is 7.68. The second kappa shape index (κ2) is 7.36. The Bertz CT molecular complexity index is 590. The minimum absolute atomic E-state index is 0. The summed E-state index contributed by atoms with van der Waals surface area (Å²) in [6.45, 7) is 3.42. The van der Waals surface area contributed by atoms with E-state index in [0.717, 1.165) is 30.7 Å². The first kappa shape index (κ1) is 17.1. The quantitative estimate of drug-likeness (QED) is 0.868. The van der Waals surface area contributed by atoms with Crippen molar-refractivity contribution in [3.8, 4) is 5.75 Å². The van der Waals surface area contributed by atoms with Crippen molar-refractivity contribution in [1.82, 2.24) is 10.6 Å². The van der Waals surface area contributed by atoms with Crippen molar-refractivity contribution in [2.45, 2.75) is 31.8 Å². The van der Waals surface area contributed by atoms with E-state index in [1.165, 1.54) is 0 Å². The van der Waals surface area contributed by atoms with E-state index in [9.17, 15) is 4.79 Å². The Balaban J connectivity index is 0.00000176. The molecule has 22 heavy (non-hydrogen) atoms. The van der Waals surface area contributed by atoms with Crippen LogP contribution in [0.25, 0.3) is 6.08 Å². The smallest absolute Gasteiger partial charge is 0.250 e. The fourth-order valence-electron chi connectivity index (χ4n) is 2.78. The van der Waals surface area contributed by atoms with Crippen LogP contribution in [0.2, 0.25) is 5.02 Å². The van der Waals surface area contributed by atoms with Crippen LogP contribution in [0.3, 0.4) is 0 Å². The first-order valence-electron chi connectivity index (χ1n) is 7.30.